The number of hydrogen-bond donors (Lipinski definition) is 3. The van der Waals surface area contributed by atoms with Crippen LogP contribution >= 0.6 is 16.5 Å². The summed E-state index contributed by atoms with van der Waals surface area (Å²) in [5, 5.41) is 0. The smallest absolute Gasteiger partial charge is 0.382 e. The molecule has 2 bridgehead atoms. The molecule has 3 aliphatic heterocycles. The minimum atomic E-state index is -3.07. The van der Waals surface area contributed by atoms with E-state index in [1.807, 2.05) is 0 Å². The first-order valence-electron chi connectivity index (χ1n) is 12.5. The van der Waals surface area contributed by atoms with E-state index in [2.05, 4.69) is 29.9 Å². The van der Waals surface area contributed by atoms with E-state index in [0.29, 0.717) is 0 Å². The number of imidazole rings is 2. The average molecular weight is 644 g/mol. The molecule has 3 saturated heterocycles. The Morgan fingerprint density at radius 3 is 2.26 bits per heavy atom. The van der Waals surface area contributed by atoms with Gasteiger partial charge in [0.15, 0.2) is 59.6 Å². The number of halogens is 2. The van der Waals surface area contributed by atoms with Crippen LogP contribution in [0, 0.1) is 0 Å². The van der Waals surface area contributed by atoms with Crippen molar-refractivity contribution in [1.29, 1.82) is 0 Å². The van der Waals surface area contributed by atoms with Gasteiger partial charge in [-0.05, 0) is 0 Å². The fourth-order valence-corrected chi connectivity index (χ4v) is 6.59. The third-order valence-corrected chi connectivity index (χ3v) is 8.57. The monoisotopic (exact) mass is 644 g/mol. The summed E-state index contributed by atoms with van der Waals surface area (Å²) in [6, 6.07) is 0. The highest BCUT2D eigenvalue weighted by Gasteiger charge is 2.57. The van der Waals surface area contributed by atoms with E-state index >= 15 is 8.78 Å². The van der Waals surface area contributed by atoms with Gasteiger partial charge in [-0.3, -0.25) is 18.9 Å². The van der Waals surface area contributed by atoms with Gasteiger partial charge in [-0.1, -0.05) is 0 Å². The van der Waals surface area contributed by atoms with Crippen molar-refractivity contribution in [2.75, 3.05) is 24.7 Å². The maximum Gasteiger partial charge on any atom is 0.698 e. The highest BCUT2D eigenvalue weighted by Crippen LogP contribution is 2.45. The first kappa shape index (κ1) is 28.1. The molecule has 5 N–H and O–H groups in total. The molecule has 10 atom stereocenters. The van der Waals surface area contributed by atoms with Crippen LogP contribution in [-0.4, -0.2) is 89.0 Å². The molecule has 0 saturated carbocycles. The third kappa shape index (κ3) is 4.83. The highest BCUT2D eigenvalue weighted by molar-refractivity contribution is 7.33. The van der Waals surface area contributed by atoms with Gasteiger partial charge in [-0.25, -0.2) is 28.7 Å². The van der Waals surface area contributed by atoms with Crippen molar-refractivity contribution in [3.8, 4) is 0 Å². The van der Waals surface area contributed by atoms with E-state index in [0.717, 1.165) is 10.9 Å². The molecule has 0 aromatic carbocycles. The van der Waals surface area contributed by atoms with Gasteiger partial charge < -0.3 is 20.9 Å². The molecular formula is C20H20F2N10O9P2+2. The quantitative estimate of drug-likeness (QED) is 0.254. The molecular weight excluding hydrogens is 624 g/mol. The van der Waals surface area contributed by atoms with Gasteiger partial charge in [0.05, 0.1) is 12.7 Å². The number of nitrogen functional groups attached to an aromatic ring is 2. The normalized spacial score (nSPS) is 33.7. The van der Waals surface area contributed by atoms with Crippen LogP contribution in [0.3, 0.4) is 0 Å². The van der Waals surface area contributed by atoms with Crippen LogP contribution in [0.25, 0.3) is 22.3 Å². The summed E-state index contributed by atoms with van der Waals surface area (Å²) in [6.45, 7) is -1.23. The Hall–Kier alpha value is -3.68. The van der Waals surface area contributed by atoms with E-state index in [4.69, 9.17) is 39.0 Å². The number of fused-ring (bicyclic) bond motifs is 5. The lowest BCUT2D eigenvalue weighted by Gasteiger charge is -2.16. The summed E-state index contributed by atoms with van der Waals surface area (Å²) in [5.41, 5.74) is 11.0. The molecule has 7 rings (SSSR count). The zero-order valence-corrected chi connectivity index (χ0v) is 23.2. The Morgan fingerprint density at radius 1 is 0.837 bits per heavy atom. The molecule has 0 aliphatic carbocycles. The first-order valence-corrected chi connectivity index (χ1v) is 14.7. The lowest BCUT2D eigenvalue weighted by Crippen LogP contribution is -2.33. The van der Waals surface area contributed by atoms with E-state index in [1.165, 1.54) is 17.2 Å². The predicted molar refractivity (Wildman–Crippen MR) is 137 cm³/mol. The Morgan fingerprint density at radius 2 is 1.49 bits per heavy atom. The number of alkyl halides is 2. The molecule has 3 aliphatic rings. The van der Waals surface area contributed by atoms with Gasteiger partial charge in [0.1, 0.15) is 37.3 Å². The number of nitrogens with two attached hydrogens (primary N) is 2. The molecule has 23 heteroatoms. The topological polar surface area (TPSA) is 249 Å². The SMILES string of the molecule is Nc1nc2c(ncn2[C@@H]2O[C@@H]3CO[P+](=O)O[C@@H]4[C@H](F)[C@@H](CO[P+](=O)O[C@H]3[C@H]2F)O[C@H]4n2cnc3c(N)ncnc32)c(=O)[nH]1. The standard InChI is InChI=1S/C20H19F2N10O9P2/c21-8-6-1-36-42(34)40-12-7(39-18(9(12)22)32-5-28-11-16(32)29-20(24)30-17(11)33)2-37-43(35)41-13(8)19(38-6)31-4-27-10-14(23)25-3-26-15(10)31/h3-9,12-13,18-19H,1-2H2,(H4-,23,24,25,26,29,30,33)/q+1/p+1/t6-,7-,8-,9-,12-,13-,18-,19-/m1/s1. The second-order valence-electron chi connectivity index (χ2n) is 9.56. The first-order chi connectivity index (χ1) is 20.7. The summed E-state index contributed by atoms with van der Waals surface area (Å²) >= 11 is 0. The van der Waals surface area contributed by atoms with Crippen molar-refractivity contribution < 1.29 is 45.5 Å². The van der Waals surface area contributed by atoms with E-state index in [1.54, 1.807) is 0 Å². The van der Waals surface area contributed by atoms with Crippen molar-refractivity contribution in [3.63, 3.8) is 0 Å². The predicted octanol–water partition coefficient (Wildman–Crippen LogP) is 0.727. The summed E-state index contributed by atoms with van der Waals surface area (Å²) < 4.78 is 92.2. The van der Waals surface area contributed by atoms with E-state index < -0.39 is 84.5 Å². The second-order valence-corrected chi connectivity index (χ2v) is 11.4. The molecule has 2 unspecified atom stereocenters. The minimum Gasteiger partial charge on any atom is -0.382 e. The van der Waals surface area contributed by atoms with Gasteiger partial charge in [0, 0.05) is 9.13 Å². The van der Waals surface area contributed by atoms with Crippen LogP contribution in [0.4, 0.5) is 20.5 Å². The van der Waals surface area contributed by atoms with Gasteiger partial charge in [-0.2, -0.15) is 4.98 Å². The van der Waals surface area contributed by atoms with Crippen LogP contribution in [-0.2, 0) is 36.7 Å². The van der Waals surface area contributed by atoms with Crippen molar-refractivity contribution >= 4 is 50.6 Å². The second kappa shape index (κ2) is 10.8. The Balaban J connectivity index is 1.16. The summed E-state index contributed by atoms with van der Waals surface area (Å²) in [6.07, 6.45) is -9.10. The third-order valence-electron chi connectivity index (χ3n) is 7.02. The number of H-pyrrole nitrogens is 1. The van der Waals surface area contributed by atoms with Crippen LogP contribution < -0.4 is 17.0 Å². The number of nitrogens with one attached hydrogen (secondary N) is 1. The molecule has 226 valence electrons. The van der Waals surface area contributed by atoms with Crippen molar-refractivity contribution in [3.05, 3.63) is 29.3 Å². The minimum absolute atomic E-state index is 0.0620. The zero-order valence-electron chi connectivity index (χ0n) is 21.4. The molecule has 0 amide bonds. The fourth-order valence-electron chi connectivity index (χ4n) is 5.06. The molecule has 4 aromatic heterocycles. The maximum absolute atomic E-state index is 15.8. The Bertz CT molecular complexity index is 1810. The van der Waals surface area contributed by atoms with Gasteiger partial charge in [-0.15, -0.1) is 18.1 Å². The molecule has 43 heavy (non-hydrogen) atoms. The molecule has 0 radical (unpaired) electrons. The van der Waals surface area contributed by atoms with Crippen molar-refractivity contribution in [1.82, 2.24) is 39.0 Å². The number of ether oxygens (including phenoxy) is 2. The lowest BCUT2D eigenvalue weighted by molar-refractivity contribution is -0.0553. The molecule has 4 aromatic rings. The lowest BCUT2D eigenvalue weighted by atomic mass is 10.1. The molecule has 0 spiro atoms. The molecule has 7 heterocycles. The number of rotatable bonds is 2. The van der Waals surface area contributed by atoms with Crippen LogP contribution in [0.5, 0.6) is 0 Å². The van der Waals surface area contributed by atoms with Crippen LogP contribution in [0.2, 0.25) is 0 Å². The Labute approximate surface area is 238 Å². The van der Waals surface area contributed by atoms with Crippen LogP contribution in [0.15, 0.2) is 23.8 Å². The van der Waals surface area contributed by atoms with Crippen molar-refractivity contribution in [2.24, 2.45) is 0 Å². The van der Waals surface area contributed by atoms with Gasteiger partial charge in [0.2, 0.25) is 5.95 Å². The van der Waals surface area contributed by atoms with Gasteiger partial charge in [0.25, 0.3) is 5.56 Å². The summed E-state index contributed by atoms with van der Waals surface area (Å²) in [7, 11) is -6.13. The van der Waals surface area contributed by atoms with E-state index in [9.17, 15) is 13.9 Å². The van der Waals surface area contributed by atoms with Gasteiger partial charge >= 0.3 is 16.5 Å². The van der Waals surface area contributed by atoms with E-state index in [-0.39, 0.29) is 34.1 Å². The zero-order chi connectivity index (χ0) is 30.0. The Kier molecular flexibility index (Phi) is 7.06. The number of anilines is 2. The largest absolute Gasteiger partial charge is 0.698 e. The summed E-state index contributed by atoms with van der Waals surface area (Å²) in [4.78, 5) is 34.4. The highest BCUT2D eigenvalue weighted by atomic mass is 31.1. The maximum atomic E-state index is 15.8. The number of aromatic amines is 1. The molecule has 3 fully saturated rings. The number of nitrogens with zero attached hydrogens (tertiary/aromatic N) is 7. The number of hydrogen-bond acceptors (Lipinski definition) is 16. The molecule has 19 nitrogen and oxygen atoms in total. The van der Waals surface area contributed by atoms with Crippen molar-refractivity contribution in [2.45, 2.75) is 49.2 Å². The van der Waals surface area contributed by atoms with Crippen LogP contribution in [0.1, 0.15) is 12.5 Å². The summed E-state index contributed by atoms with van der Waals surface area (Å²) in [5.74, 6) is -0.187. The average Bonchev–Trinajstić information content (AvgIpc) is 3.72. The number of aromatic nitrogens is 8. The fraction of sp³-hybridized carbons (Fsp3) is 0.500.